The number of aliphatic hydroxyl groups is 3. The van der Waals surface area contributed by atoms with E-state index in [-0.39, 0.29) is 29.5 Å². The second kappa shape index (κ2) is 12.8. The van der Waals surface area contributed by atoms with E-state index in [1.165, 1.54) is 4.90 Å². The lowest BCUT2D eigenvalue weighted by Gasteiger charge is -2.50. The van der Waals surface area contributed by atoms with Crippen LogP contribution in [0.4, 0.5) is 0 Å². The molecule has 0 aliphatic heterocycles. The van der Waals surface area contributed by atoms with Crippen LogP contribution in [0, 0.1) is 35.5 Å². The summed E-state index contributed by atoms with van der Waals surface area (Å²) in [4.78, 5) is 41.5. The van der Waals surface area contributed by atoms with E-state index in [1.54, 1.807) is 82.9 Å². The molecule has 3 aromatic rings. The van der Waals surface area contributed by atoms with Gasteiger partial charge in [0, 0.05) is 28.2 Å². The van der Waals surface area contributed by atoms with Gasteiger partial charge in [0.2, 0.25) is 5.78 Å². The van der Waals surface area contributed by atoms with Gasteiger partial charge in [0.25, 0.3) is 5.91 Å². The molecule has 0 heterocycles. The molecule has 0 saturated heterocycles. The molecule has 0 radical (unpaired) electrons. The monoisotopic (exact) mass is 674 g/mol. The van der Waals surface area contributed by atoms with Gasteiger partial charge in [-0.1, -0.05) is 23.7 Å². The number of hydrogen-bond acceptors (Lipinski definition) is 10. The van der Waals surface area contributed by atoms with Gasteiger partial charge in [-0.3, -0.25) is 19.3 Å². The molecular weight excluding hydrogens is 640 g/mol. The minimum atomic E-state index is -2.75. The van der Waals surface area contributed by atoms with E-state index < -0.39 is 63.8 Å². The third-order valence-corrected chi connectivity index (χ3v) is 9.58. The van der Waals surface area contributed by atoms with Crippen LogP contribution in [0.25, 0.3) is 5.76 Å². The first kappa shape index (κ1) is 33.9. The van der Waals surface area contributed by atoms with Gasteiger partial charge in [-0.2, -0.15) is 0 Å². The van der Waals surface area contributed by atoms with E-state index in [4.69, 9.17) is 15.2 Å². The number of nitrogens with two attached hydrogens (primary N) is 1. The van der Waals surface area contributed by atoms with Crippen molar-refractivity contribution < 1.29 is 44.3 Å². The van der Waals surface area contributed by atoms with Crippen molar-refractivity contribution in [2.24, 2.45) is 17.6 Å². The molecule has 0 spiro atoms. The molecule has 6 rings (SSSR count). The maximum Gasteiger partial charge on any atom is 0.255 e. The molecule has 3 aromatic carbocycles. The summed E-state index contributed by atoms with van der Waals surface area (Å²) in [5.74, 6) is 6.10. The van der Waals surface area contributed by atoms with Crippen LogP contribution in [0.2, 0.25) is 0 Å². The molecule has 4 atom stereocenters. The SMILES string of the molecule is COc1ccc(C#Cc2cc(C#Cc3ccc(OC)cc3)c3c(c2O)C(O)=C2C(=O)C4(O)C(O)=C(C(N)=O)C(=O)C(N(C)C)C4CC2C3)cc1. The Morgan fingerprint density at radius 2 is 1.42 bits per heavy atom. The molecular formula is C39H34N2O9. The molecule has 0 bridgehead atoms. The molecule has 3 aliphatic carbocycles. The number of ketones is 2. The summed E-state index contributed by atoms with van der Waals surface area (Å²) in [6.07, 6.45) is 0.0395. The van der Waals surface area contributed by atoms with Crippen molar-refractivity contribution in [3.8, 4) is 40.9 Å². The molecule has 1 fully saturated rings. The second-order valence-electron chi connectivity index (χ2n) is 12.6. The number of methoxy groups -OCH3 is 2. The van der Waals surface area contributed by atoms with Crippen molar-refractivity contribution in [3.05, 3.63) is 105 Å². The fourth-order valence-corrected chi connectivity index (χ4v) is 7.15. The van der Waals surface area contributed by atoms with Gasteiger partial charge in [-0.05, 0) is 93.0 Å². The maximum absolute atomic E-state index is 14.3. The van der Waals surface area contributed by atoms with E-state index in [0.717, 1.165) is 0 Å². The lowest BCUT2D eigenvalue weighted by Crippen LogP contribution is -2.65. The Kier molecular flexibility index (Phi) is 8.66. The molecule has 11 nitrogen and oxygen atoms in total. The average Bonchev–Trinajstić information content (AvgIpc) is 3.09. The summed E-state index contributed by atoms with van der Waals surface area (Å²) in [6.45, 7) is 0. The van der Waals surface area contributed by atoms with Crippen molar-refractivity contribution in [1.82, 2.24) is 4.90 Å². The Morgan fingerprint density at radius 3 is 1.92 bits per heavy atom. The Morgan fingerprint density at radius 1 is 0.880 bits per heavy atom. The number of phenolic OH excluding ortho intramolecular Hbond substituents is 1. The molecule has 3 aliphatic rings. The number of ether oxygens (including phenoxy) is 2. The number of nitrogens with zero attached hydrogens (tertiary/aromatic N) is 1. The molecule has 1 amide bonds. The first-order chi connectivity index (χ1) is 23.8. The number of amides is 1. The fraction of sp³-hybridized carbons (Fsp3) is 0.256. The van der Waals surface area contributed by atoms with Crippen molar-refractivity contribution in [2.75, 3.05) is 28.3 Å². The minimum absolute atomic E-state index is 0.0447. The fourth-order valence-electron chi connectivity index (χ4n) is 7.15. The number of benzene rings is 3. The number of fused-ring (bicyclic) bond motifs is 3. The number of aromatic hydroxyl groups is 1. The number of aliphatic hydroxyl groups excluding tert-OH is 2. The molecule has 4 unspecified atom stereocenters. The predicted molar refractivity (Wildman–Crippen MR) is 182 cm³/mol. The zero-order valence-electron chi connectivity index (χ0n) is 27.7. The number of rotatable bonds is 4. The maximum atomic E-state index is 14.3. The van der Waals surface area contributed by atoms with Crippen LogP contribution in [-0.2, 0) is 20.8 Å². The van der Waals surface area contributed by atoms with E-state index in [2.05, 4.69) is 23.7 Å². The third-order valence-electron chi connectivity index (χ3n) is 9.58. The molecule has 0 aromatic heterocycles. The van der Waals surface area contributed by atoms with E-state index in [9.17, 15) is 34.8 Å². The molecule has 6 N–H and O–H groups in total. The van der Waals surface area contributed by atoms with Gasteiger partial charge in [0.05, 0.1) is 31.4 Å². The van der Waals surface area contributed by atoms with Crippen molar-refractivity contribution in [2.45, 2.75) is 24.5 Å². The van der Waals surface area contributed by atoms with E-state index >= 15 is 0 Å². The first-order valence-electron chi connectivity index (χ1n) is 15.7. The van der Waals surface area contributed by atoms with E-state index in [0.29, 0.717) is 33.8 Å². The summed E-state index contributed by atoms with van der Waals surface area (Å²) >= 11 is 0. The smallest absolute Gasteiger partial charge is 0.255 e. The van der Waals surface area contributed by atoms with Gasteiger partial charge in [0.15, 0.2) is 11.4 Å². The number of Topliss-reactive ketones (excluding diaryl/α,β-unsaturated/α-hetero) is 2. The van der Waals surface area contributed by atoms with Gasteiger partial charge >= 0.3 is 0 Å². The van der Waals surface area contributed by atoms with E-state index in [1.807, 2.05) is 0 Å². The zero-order valence-corrected chi connectivity index (χ0v) is 27.7. The van der Waals surface area contributed by atoms with Gasteiger partial charge in [-0.25, -0.2) is 0 Å². The number of phenols is 1. The van der Waals surface area contributed by atoms with Crippen LogP contribution < -0.4 is 15.2 Å². The summed E-state index contributed by atoms with van der Waals surface area (Å²) in [6, 6.07) is 14.5. The first-order valence-corrected chi connectivity index (χ1v) is 15.7. The number of carbonyl (C=O) groups is 3. The van der Waals surface area contributed by atoms with Crippen molar-refractivity contribution in [3.63, 3.8) is 0 Å². The van der Waals surface area contributed by atoms with Crippen molar-refractivity contribution in [1.29, 1.82) is 0 Å². The summed E-state index contributed by atoms with van der Waals surface area (Å²) in [7, 11) is 6.20. The average molecular weight is 675 g/mol. The Balaban J connectivity index is 1.55. The molecule has 1 saturated carbocycles. The summed E-state index contributed by atoms with van der Waals surface area (Å²) < 4.78 is 10.4. The Labute approximate surface area is 288 Å². The van der Waals surface area contributed by atoms with Crippen LogP contribution in [0.5, 0.6) is 17.2 Å². The highest BCUT2D eigenvalue weighted by Crippen LogP contribution is 2.53. The summed E-state index contributed by atoms with van der Waals surface area (Å²) in [5.41, 5.74) is 3.70. The number of carbonyl (C=O) groups excluding carboxylic acids is 3. The highest BCUT2D eigenvalue weighted by molar-refractivity contribution is 6.24. The highest BCUT2D eigenvalue weighted by Gasteiger charge is 2.64. The van der Waals surface area contributed by atoms with Crippen LogP contribution in [0.3, 0.4) is 0 Å². The number of primary amides is 1. The molecule has 50 heavy (non-hydrogen) atoms. The lowest BCUT2D eigenvalue weighted by molar-refractivity contribution is -0.153. The Hall–Kier alpha value is -6.01. The standard InChI is InChI=1S/C39H34N2O9/c1-41(2)32-28-19-24-18-27-22(11-5-20-7-13-25(49-3)14-8-20)17-23(12-6-21-9-15-26(50-4)16-10-21)33(42)30(27)34(43)29(24)36(45)39(28,48)37(46)31(35(32)44)38(40)47/h7-10,13-17,24,28,32,42-43,46,48H,18-19H2,1-4H3,(H2,40,47). The van der Waals surface area contributed by atoms with Crippen molar-refractivity contribution >= 4 is 23.2 Å². The Bertz CT molecular complexity index is 2140. The minimum Gasteiger partial charge on any atom is -0.508 e. The number of likely N-dealkylation sites (N-methyl/N-ethyl adjacent to an activating group) is 1. The predicted octanol–water partition coefficient (Wildman–Crippen LogP) is 2.78. The normalized spacial score (nSPS) is 22.4. The molecule has 254 valence electrons. The van der Waals surface area contributed by atoms with Crippen LogP contribution in [0.15, 0.2) is 71.5 Å². The second-order valence-corrected chi connectivity index (χ2v) is 12.6. The van der Waals surface area contributed by atoms with Crippen LogP contribution in [-0.4, -0.2) is 82.8 Å². The van der Waals surface area contributed by atoms with Crippen LogP contribution in [0.1, 0.15) is 39.8 Å². The van der Waals surface area contributed by atoms with Gasteiger partial charge in [-0.15, -0.1) is 0 Å². The summed E-state index contributed by atoms with van der Waals surface area (Å²) in [5, 5.41) is 46.5. The third kappa shape index (κ3) is 5.43. The quantitative estimate of drug-likeness (QED) is 0.204. The molecule has 11 heteroatoms. The van der Waals surface area contributed by atoms with Gasteiger partial charge in [0.1, 0.15) is 34.3 Å². The zero-order chi connectivity index (χ0) is 36.1. The number of hydrogen-bond donors (Lipinski definition) is 5. The van der Waals surface area contributed by atoms with Crippen LogP contribution >= 0.6 is 0 Å². The topological polar surface area (TPSA) is 180 Å². The van der Waals surface area contributed by atoms with Gasteiger partial charge < -0.3 is 35.6 Å². The largest absolute Gasteiger partial charge is 0.508 e. The highest BCUT2D eigenvalue weighted by atomic mass is 16.5. The lowest BCUT2D eigenvalue weighted by atomic mass is 9.57.